The van der Waals surface area contributed by atoms with Crippen LogP contribution in [0, 0.1) is 0 Å². The number of ether oxygens (including phenoxy) is 1. The monoisotopic (exact) mass is 271 g/mol. The van der Waals surface area contributed by atoms with Crippen LogP contribution in [-0.2, 0) is 9.53 Å². The highest BCUT2D eigenvalue weighted by molar-refractivity contribution is 5.77. The van der Waals surface area contributed by atoms with Crippen LogP contribution in [-0.4, -0.2) is 70.5 Å². The Kier molecular flexibility index (Phi) is 8.69. The number of hydrogen-bond donors (Lipinski definition) is 2. The summed E-state index contributed by atoms with van der Waals surface area (Å²) in [4.78, 5) is 13.1. The first-order valence-electron chi connectivity index (χ1n) is 5.57. The van der Waals surface area contributed by atoms with Gasteiger partial charge in [0.25, 0.3) is 0 Å². The third kappa shape index (κ3) is 11.6. The molecule has 0 fully saturated rings. The van der Waals surface area contributed by atoms with Crippen molar-refractivity contribution in [3.8, 4) is 0 Å². The molecule has 0 saturated heterocycles. The van der Waals surface area contributed by atoms with Crippen molar-refractivity contribution in [3.05, 3.63) is 0 Å². The molecule has 108 valence electrons. The molecule has 5 nitrogen and oxygen atoms in total. The smallest absolute Gasteiger partial charge is 0.383 e. The molecule has 0 aromatic carbocycles. The quantitative estimate of drug-likeness (QED) is 0.611. The van der Waals surface area contributed by atoms with E-state index in [4.69, 9.17) is 4.74 Å². The maximum atomic E-state index is 11.8. The van der Waals surface area contributed by atoms with E-state index in [0.29, 0.717) is 19.7 Å². The van der Waals surface area contributed by atoms with Crippen molar-refractivity contribution in [2.75, 3.05) is 53.5 Å². The molecule has 1 amide bonds. The molecule has 0 spiro atoms. The number of rotatable bonds is 9. The fraction of sp³-hybridized carbons (Fsp3) is 0.900. The van der Waals surface area contributed by atoms with Crippen molar-refractivity contribution in [1.29, 1.82) is 0 Å². The van der Waals surface area contributed by atoms with Gasteiger partial charge in [-0.1, -0.05) is 0 Å². The van der Waals surface area contributed by atoms with Crippen LogP contribution >= 0.6 is 0 Å². The fourth-order valence-corrected chi connectivity index (χ4v) is 1.13. The highest BCUT2D eigenvalue weighted by Gasteiger charge is 2.26. The molecule has 8 heteroatoms. The first-order chi connectivity index (χ1) is 8.35. The van der Waals surface area contributed by atoms with Crippen molar-refractivity contribution in [2.24, 2.45) is 0 Å². The molecule has 18 heavy (non-hydrogen) atoms. The minimum absolute atomic E-state index is 0.332. The highest BCUT2D eigenvalue weighted by Crippen LogP contribution is 2.11. The van der Waals surface area contributed by atoms with Crippen molar-refractivity contribution >= 4 is 5.91 Å². The highest BCUT2D eigenvalue weighted by atomic mass is 19.4. The summed E-state index contributed by atoms with van der Waals surface area (Å²) in [6, 6.07) is 0. The average Bonchev–Trinajstić information content (AvgIpc) is 2.24. The molecule has 0 unspecified atom stereocenters. The zero-order valence-corrected chi connectivity index (χ0v) is 10.6. The number of methoxy groups -OCH3 is 1. The summed E-state index contributed by atoms with van der Waals surface area (Å²) in [5, 5.41) is 4.55. The largest absolute Gasteiger partial charge is 0.401 e. The second-order valence-corrected chi connectivity index (χ2v) is 3.86. The van der Waals surface area contributed by atoms with Crippen LogP contribution in [0.2, 0.25) is 0 Å². The normalized spacial score (nSPS) is 11.9. The number of amides is 1. The van der Waals surface area contributed by atoms with E-state index in [1.165, 1.54) is 0 Å². The van der Waals surface area contributed by atoms with Crippen LogP contribution in [0.5, 0.6) is 0 Å². The van der Waals surface area contributed by atoms with E-state index in [0.717, 1.165) is 6.54 Å². The molecule has 0 heterocycles. The number of hydrogen-bond acceptors (Lipinski definition) is 4. The molecular weight excluding hydrogens is 251 g/mol. The number of halogens is 3. The lowest BCUT2D eigenvalue weighted by Gasteiger charge is -2.16. The van der Waals surface area contributed by atoms with Crippen molar-refractivity contribution in [3.63, 3.8) is 0 Å². The molecule has 0 radical (unpaired) electrons. The maximum Gasteiger partial charge on any atom is 0.401 e. The van der Waals surface area contributed by atoms with Gasteiger partial charge in [0.1, 0.15) is 0 Å². The molecule has 0 aliphatic rings. The van der Waals surface area contributed by atoms with Crippen LogP contribution in [0.25, 0.3) is 0 Å². The molecule has 0 bridgehead atoms. The predicted octanol–water partition coefficient (Wildman–Crippen LogP) is -0.167. The standard InChI is InChI=1S/C10H20F3N3O2/c1-16(5-6-18-2)4-3-15-9(17)7-14-8-10(11,12)13/h14H,3-8H2,1-2H3,(H,15,17). The zero-order valence-electron chi connectivity index (χ0n) is 10.6. The molecule has 0 aromatic rings. The van der Waals surface area contributed by atoms with Gasteiger partial charge >= 0.3 is 6.18 Å². The van der Waals surface area contributed by atoms with Gasteiger partial charge < -0.3 is 20.3 Å². The number of nitrogens with zero attached hydrogens (tertiary/aromatic N) is 1. The minimum Gasteiger partial charge on any atom is -0.383 e. The fourth-order valence-electron chi connectivity index (χ4n) is 1.13. The molecule has 0 rings (SSSR count). The van der Waals surface area contributed by atoms with Crippen LogP contribution in [0.1, 0.15) is 0 Å². The first-order valence-corrected chi connectivity index (χ1v) is 5.57. The second kappa shape index (κ2) is 9.12. The van der Waals surface area contributed by atoms with Gasteiger partial charge in [-0.25, -0.2) is 0 Å². The number of likely N-dealkylation sites (N-methyl/N-ethyl adjacent to an activating group) is 1. The van der Waals surface area contributed by atoms with E-state index in [1.54, 1.807) is 7.11 Å². The molecule has 0 aliphatic carbocycles. The van der Waals surface area contributed by atoms with E-state index in [1.807, 2.05) is 17.3 Å². The predicted molar refractivity (Wildman–Crippen MR) is 61.3 cm³/mol. The summed E-state index contributed by atoms with van der Waals surface area (Å²) in [7, 11) is 3.47. The summed E-state index contributed by atoms with van der Waals surface area (Å²) in [6.07, 6.45) is -4.29. The lowest BCUT2D eigenvalue weighted by atomic mass is 10.4. The van der Waals surface area contributed by atoms with Gasteiger partial charge in [0.15, 0.2) is 0 Å². The molecule has 0 aromatic heterocycles. The summed E-state index contributed by atoms with van der Waals surface area (Å²) >= 11 is 0. The third-order valence-electron chi connectivity index (χ3n) is 2.10. The first kappa shape index (κ1) is 17.1. The Hall–Kier alpha value is -0.860. The minimum atomic E-state index is -4.29. The number of nitrogens with one attached hydrogen (secondary N) is 2. The van der Waals surface area contributed by atoms with Gasteiger partial charge in [-0.05, 0) is 7.05 Å². The SMILES string of the molecule is COCCN(C)CCNC(=O)CNCC(F)(F)F. The van der Waals surface area contributed by atoms with Gasteiger partial charge in [0, 0.05) is 26.7 Å². The Labute approximate surface area is 105 Å². The van der Waals surface area contributed by atoms with E-state index >= 15 is 0 Å². The van der Waals surface area contributed by atoms with E-state index < -0.39 is 18.6 Å². The average molecular weight is 271 g/mol. The van der Waals surface area contributed by atoms with Crippen LogP contribution in [0.15, 0.2) is 0 Å². The lowest BCUT2D eigenvalue weighted by Crippen LogP contribution is -2.41. The van der Waals surface area contributed by atoms with Crippen molar-refractivity contribution in [2.45, 2.75) is 6.18 Å². The molecular formula is C10H20F3N3O2. The summed E-state index contributed by atoms with van der Waals surface area (Å²) < 4.78 is 40.2. The van der Waals surface area contributed by atoms with Crippen LogP contribution in [0.4, 0.5) is 13.2 Å². The van der Waals surface area contributed by atoms with Crippen molar-refractivity contribution in [1.82, 2.24) is 15.5 Å². The second-order valence-electron chi connectivity index (χ2n) is 3.86. The van der Waals surface area contributed by atoms with Crippen LogP contribution < -0.4 is 10.6 Å². The Morgan fingerprint density at radius 2 is 2.00 bits per heavy atom. The summed E-state index contributed by atoms with van der Waals surface area (Å²) in [6.45, 7) is 0.854. The van der Waals surface area contributed by atoms with Gasteiger partial charge in [0.05, 0.1) is 19.7 Å². The molecule has 0 saturated carbocycles. The summed E-state index contributed by atoms with van der Waals surface area (Å²) in [5.74, 6) is -0.445. The van der Waals surface area contributed by atoms with E-state index in [2.05, 4.69) is 5.32 Å². The zero-order chi connectivity index (χ0) is 14.0. The number of alkyl halides is 3. The molecule has 0 atom stereocenters. The maximum absolute atomic E-state index is 11.8. The summed E-state index contributed by atoms with van der Waals surface area (Å²) in [5.41, 5.74) is 0. The topological polar surface area (TPSA) is 53.6 Å². The van der Waals surface area contributed by atoms with E-state index in [-0.39, 0.29) is 6.54 Å². The Bertz CT molecular complexity index is 237. The van der Waals surface area contributed by atoms with E-state index in [9.17, 15) is 18.0 Å². The third-order valence-corrected chi connectivity index (χ3v) is 2.10. The molecule has 0 aliphatic heterocycles. The van der Waals surface area contributed by atoms with Gasteiger partial charge in [0.2, 0.25) is 5.91 Å². The number of carbonyl (C=O) groups is 1. The molecule has 2 N–H and O–H groups in total. The Balaban J connectivity index is 3.48. The number of carbonyl (C=O) groups excluding carboxylic acids is 1. The van der Waals surface area contributed by atoms with Gasteiger partial charge in [-0.3, -0.25) is 4.79 Å². The Morgan fingerprint density at radius 1 is 1.33 bits per heavy atom. The lowest BCUT2D eigenvalue weighted by molar-refractivity contribution is -0.128. The van der Waals surface area contributed by atoms with Crippen molar-refractivity contribution < 1.29 is 22.7 Å². The van der Waals surface area contributed by atoms with Gasteiger partial charge in [-0.15, -0.1) is 0 Å². The van der Waals surface area contributed by atoms with Gasteiger partial charge in [-0.2, -0.15) is 13.2 Å². The van der Waals surface area contributed by atoms with Crippen LogP contribution in [0.3, 0.4) is 0 Å². The Morgan fingerprint density at radius 3 is 2.56 bits per heavy atom.